The summed E-state index contributed by atoms with van der Waals surface area (Å²) in [5.74, 6) is -0.674. The SMILES string of the molecule is Cc1cc(C(=O)CN2C(=O)N[C@](C)(c3ccc4ccccc4c3)C2=O)c(C)n1C[C@@H]1CCCO1. The van der Waals surface area contributed by atoms with Crippen LogP contribution in [-0.4, -0.2) is 46.4 Å². The molecule has 0 saturated carbocycles. The highest BCUT2D eigenvalue weighted by molar-refractivity contribution is 6.11. The fraction of sp³-hybridized carbons (Fsp3) is 0.370. The van der Waals surface area contributed by atoms with Crippen LogP contribution in [0.1, 0.15) is 47.1 Å². The normalized spacial score (nSPS) is 22.6. The lowest BCUT2D eigenvalue weighted by Gasteiger charge is -2.22. The Morgan fingerprint density at radius 2 is 1.88 bits per heavy atom. The number of urea groups is 1. The van der Waals surface area contributed by atoms with Crippen LogP contribution in [-0.2, 0) is 21.6 Å². The number of ketones is 1. The third kappa shape index (κ3) is 3.70. The van der Waals surface area contributed by atoms with Crippen molar-refractivity contribution in [3.8, 4) is 0 Å². The summed E-state index contributed by atoms with van der Waals surface area (Å²) in [6, 6.07) is 14.8. The van der Waals surface area contributed by atoms with Crippen LogP contribution in [0.2, 0.25) is 0 Å². The smallest absolute Gasteiger partial charge is 0.325 e. The van der Waals surface area contributed by atoms with Gasteiger partial charge < -0.3 is 14.6 Å². The van der Waals surface area contributed by atoms with Crippen molar-refractivity contribution >= 4 is 28.5 Å². The van der Waals surface area contributed by atoms with E-state index in [2.05, 4.69) is 9.88 Å². The summed E-state index contributed by atoms with van der Waals surface area (Å²) in [6.07, 6.45) is 2.22. The van der Waals surface area contributed by atoms with Crippen LogP contribution < -0.4 is 5.32 Å². The van der Waals surface area contributed by atoms with Crippen LogP contribution >= 0.6 is 0 Å². The third-order valence-electron chi connectivity index (χ3n) is 7.19. The molecule has 2 atom stereocenters. The van der Waals surface area contributed by atoms with Crippen molar-refractivity contribution in [1.82, 2.24) is 14.8 Å². The molecule has 2 aromatic carbocycles. The summed E-state index contributed by atoms with van der Waals surface area (Å²) in [6.45, 7) is 6.74. The van der Waals surface area contributed by atoms with E-state index in [1.165, 1.54) is 0 Å². The van der Waals surface area contributed by atoms with Gasteiger partial charge in [-0.15, -0.1) is 0 Å². The average Bonchev–Trinajstić information content (AvgIpc) is 3.50. The van der Waals surface area contributed by atoms with E-state index in [4.69, 9.17) is 4.74 Å². The molecule has 2 fully saturated rings. The zero-order chi connectivity index (χ0) is 24.0. The van der Waals surface area contributed by atoms with Gasteiger partial charge in [0.15, 0.2) is 5.78 Å². The number of amides is 3. The van der Waals surface area contributed by atoms with Crippen LogP contribution in [0.3, 0.4) is 0 Å². The van der Waals surface area contributed by atoms with Gasteiger partial charge in [-0.1, -0.05) is 36.4 Å². The second-order valence-electron chi connectivity index (χ2n) is 9.46. The second kappa shape index (κ2) is 8.40. The van der Waals surface area contributed by atoms with Gasteiger partial charge in [-0.25, -0.2) is 4.79 Å². The first-order valence-electron chi connectivity index (χ1n) is 11.7. The van der Waals surface area contributed by atoms with Gasteiger partial charge in [-0.3, -0.25) is 14.5 Å². The predicted molar refractivity (Wildman–Crippen MR) is 129 cm³/mol. The number of aryl methyl sites for hydroxylation is 1. The zero-order valence-corrected chi connectivity index (χ0v) is 19.8. The molecule has 7 nitrogen and oxygen atoms in total. The number of aromatic nitrogens is 1. The lowest BCUT2D eigenvalue weighted by molar-refractivity contribution is -0.130. The van der Waals surface area contributed by atoms with Crippen LogP contribution in [0, 0.1) is 13.8 Å². The molecule has 176 valence electrons. The van der Waals surface area contributed by atoms with Gasteiger partial charge in [-0.2, -0.15) is 0 Å². The Hall–Kier alpha value is -3.45. The predicted octanol–water partition coefficient (Wildman–Crippen LogP) is 4.09. The number of carbonyl (C=O) groups is 3. The molecule has 0 bridgehead atoms. The second-order valence-corrected chi connectivity index (χ2v) is 9.46. The number of rotatable bonds is 6. The average molecular weight is 460 g/mol. The Morgan fingerprint density at radius 3 is 2.62 bits per heavy atom. The van der Waals surface area contributed by atoms with Gasteiger partial charge in [0.1, 0.15) is 5.54 Å². The zero-order valence-electron chi connectivity index (χ0n) is 19.8. The Labute approximate surface area is 198 Å². The first-order valence-corrected chi connectivity index (χ1v) is 11.7. The Bertz CT molecular complexity index is 1300. The molecular weight excluding hydrogens is 430 g/mol. The van der Waals surface area contributed by atoms with Crippen LogP contribution in [0.15, 0.2) is 48.5 Å². The first kappa shape index (κ1) is 22.3. The number of hydrogen-bond donors (Lipinski definition) is 1. The summed E-state index contributed by atoms with van der Waals surface area (Å²) in [4.78, 5) is 40.5. The minimum atomic E-state index is -1.22. The van der Waals surface area contributed by atoms with Gasteiger partial charge in [0.05, 0.1) is 12.6 Å². The van der Waals surface area contributed by atoms with Crippen molar-refractivity contribution < 1.29 is 19.1 Å². The monoisotopic (exact) mass is 459 g/mol. The van der Waals surface area contributed by atoms with Crippen molar-refractivity contribution in [3.63, 3.8) is 0 Å². The largest absolute Gasteiger partial charge is 0.376 e. The fourth-order valence-corrected chi connectivity index (χ4v) is 5.12. The fourth-order valence-electron chi connectivity index (χ4n) is 5.12. The van der Waals surface area contributed by atoms with Crippen LogP contribution in [0.5, 0.6) is 0 Å². The molecule has 2 saturated heterocycles. The highest BCUT2D eigenvalue weighted by Gasteiger charge is 2.49. The van der Waals surface area contributed by atoms with Crippen molar-refractivity contribution in [1.29, 1.82) is 0 Å². The number of ether oxygens (including phenoxy) is 1. The highest BCUT2D eigenvalue weighted by atomic mass is 16.5. The number of nitrogens with zero attached hydrogens (tertiary/aromatic N) is 2. The van der Waals surface area contributed by atoms with Crippen molar-refractivity contribution in [3.05, 3.63) is 71.0 Å². The Morgan fingerprint density at radius 1 is 1.12 bits per heavy atom. The number of carbonyl (C=O) groups excluding carboxylic acids is 3. The molecule has 0 aliphatic carbocycles. The molecule has 3 aromatic rings. The molecular formula is C27H29N3O4. The summed E-state index contributed by atoms with van der Waals surface area (Å²) in [5.41, 5.74) is 1.81. The van der Waals surface area contributed by atoms with Gasteiger partial charge in [0, 0.05) is 30.1 Å². The Balaban J connectivity index is 1.37. The first-order chi connectivity index (χ1) is 16.3. The molecule has 7 heteroatoms. The quantitative estimate of drug-likeness (QED) is 0.445. The van der Waals surface area contributed by atoms with Gasteiger partial charge in [0.25, 0.3) is 5.91 Å². The van der Waals surface area contributed by atoms with E-state index in [0.717, 1.165) is 46.5 Å². The van der Waals surface area contributed by atoms with Gasteiger partial charge >= 0.3 is 6.03 Å². The summed E-state index contributed by atoms with van der Waals surface area (Å²) in [5, 5.41) is 4.85. The number of hydrogen-bond acceptors (Lipinski definition) is 4. The lowest BCUT2D eigenvalue weighted by atomic mass is 9.90. The molecule has 2 aliphatic rings. The third-order valence-corrected chi connectivity index (χ3v) is 7.19. The molecule has 2 aliphatic heterocycles. The highest BCUT2D eigenvalue weighted by Crippen LogP contribution is 2.31. The van der Waals surface area contributed by atoms with E-state index in [1.807, 2.05) is 62.4 Å². The summed E-state index contributed by atoms with van der Waals surface area (Å²) < 4.78 is 7.84. The molecule has 0 radical (unpaired) electrons. The molecule has 1 aromatic heterocycles. The number of imide groups is 1. The Kier molecular flexibility index (Phi) is 5.52. The molecule has 0 unspecified atom stereocenters. The number of Topliss-reactive ketones (excluding diaryl/α,β-unsaturated/α-hetero) is 1. The topological polar surface area (TPSA) is 80.6 Å². The molecule has 3 amide bonds. The minimum absolute atomic E-state index is 0.154. The number of fused-ring (bicyclic) bond motifs is 1. The van der Waals surface area contributed by atoms with Crippen molar-refractivity contribution in [2.45, 2.75) is 51.8 Å². The maximum Gasteiger partial charge on any atom is 0.325 e. The van der Waals surface area contributed by atoms with E-state index >= 15 is 0 Å². The van der Waals surface area contributed by atoms with E-state index in [9.17, 15) is 14.4 Å². The summed E-state index contributed by atoms with van der Waals surface area (Å²) in [7, 11) is 0. The minimum Gasteiger partial charge on any atom is -0.376 e. The van der Waals surface area contributed by atoms with E-state index in [1.54, 1.807) is 6.92 Å². The van der Waals surface area contributed by atoms with E-state index in [-0.39, 0.29) is 18.4 Å². The van der Waals surface area contributed by atoms with Crippen molar-refractivity contribution in [2.24, 2.45) is 0 Å². The standard InChI is InChI=1S/C27H29N3O4/c1-17-13-23(18(2)29(17)15-22-9-6-12-34-22)24(31)16-30-25(32)27(3,28-26(30)33)21-11-10-19-7-4-5-8-20(19)14-21/h4-5,7-8,10-11,13-14,22H,6,9,12,15-16H2,1-3H3,(H,28,33)/t22-,27+/m0/s1. The molecule has 5 rings (SSSR count). The molecule has 0 spiro atoms. The van der Waals surface area contributed by atoms with Gasteiger partial charge in [-0.05, 0) is 62.1 Å². The molecule has 34 heavy (non-hydrogen) atoms. The molecule has 1 N–H and O–H groups in total. The van der Waals surface area contributed by atoms with Gasteiger partial charge in [0.2, 0.25) is 0 Å². The number of benzene rings is 2. The van der Waals surface area contributed by atoms with Crippen molar-refractivity contribution in [2.75, 3.05) is 13.2 Å². The van der Waals surface area contributed by atoms with Crippen LogP contribution in [0.25, 0.3) is 10.8 Å². The number of nitrogens with one attached hydrogen (secondary N) is 1. The maximum atomic E-state index is 13.4. The molecule has 3 heterocycles. The van der Waals surface area contributed by atoms with Crippen LogP contribution in [0.4, 0.5) is 4.79 Å². The van der Waals surface area contributed by atoms with E-state index < -0.39 is 17.5 Å². The van der Waals surface area contributed by atoms with E-state index in [0.29, 0.717) is 17.7 Å². The summed E-state index contributed by atoms with van der Waals surface area (Å²) >= 11 is 0. The lowest BCUT2D eigenvalue weighted by Crippen LogP contribution is -2.41. The maximum absolute atomic E-state index is 13.4.